The first-order chi connectivity index (χ1) is 7.27. The van der Waals surface area contributed by atoms with Crippen molar-refractivity contribution < 1.29 is 10.2 Å². The van der Waals surface area contributed by atoms with E-state index in [2.05, 4.69) is 24.4 Å². The van der Waals surface area contributed by atoms with Gasteiger partial charge in [-0.3, -0.25) is 0 Å². The average molecular weight is 209 g/mol. The van der Waals surface area contributed by atoms with Crippen molar-refractivity contribution in [3.63, 3.8) is 0 Å². The Morgan fingerprint density at radius 2 is 1.93 bits per heavy atom. The number of aryl methyl sites for hydroxylation is 1. The molecule has 0 saturated carbocycles. The fourth-order valence-electron chi connectivity index (χ4n) is 1.51. The lowest BCUT2D eigenvalue weighted by Gasteiger charge is -2.11. The lowest BCUT2D eigenvalue weighted by Crippen LogP contribution is -2.29. The molecule has 0 amide bonds. The van der Waals surface area contributed by atoms with Gasteiger partial charge in [0.05, 0.1) is 12.7 Å². The van der Waals surface area contributed by atoms with Crippen molar-refractivity contribution in [2.24, 2.45) is 0 Å². The smallest absolute Gasteiger partial charge is 0.0895 e. The Kier molecular flexibility index (Phi) is 5.32. The Balaban J connectivity index is 2.43. The third-order valence-corrected chi connectivity index (χ3v) is 2.41. The number of aliphatic hydroxyl groups is 2. The first-order valence-electron chi connectivity index (χ1n) is 5.34. The highest BCUT2D eigenvalue weighted by atomic mass is 16.3. The molecule has 1 aromatic rings. The van der Waals surface area contributed by atoms with Crippen molar-refractivity contribution in [1.82, 2.24) is 5.32 Å². The minimum Gasteiger partial charge on any atom is -0.394 e. The molecule has 84 valence electrons. The number of rotatable bonds is 6. The first-order valence-corrected chi connectivity index (χ1v) is 5.34. The predicted molar refractivity (Wildman–Crippen MR) is 60.6 cm³/mol. The van der Waals surface area contributed by atoms with Crippen molar-refractivity contribution in [2.75, 3.05) is 13.2 Å². The van der Waals surface area contributed by atoms with Gasteiger partial charge in [-0.25, -0.2) is 0 Å². The van der Waals surface area contributed by atoms with Crippen molar-refractivity contribution in [1.29, 1.82) is 0 Å². The zero-order valence-corrected chi connectivity index (χ0v) is 9.11. The highest BCUT2D eigenvalue weighted by Gasteiger charge is 2.02. The zero-order chi connectivity index (χ0) is 11.1. The Morgan fingerprint density at radius 1 is 1.27 bits per heavy atom. The van der Waals surface area contributed by atoms with Crippen molar-refractivity contribution in [3.8, 4) is 0 Å². The van der Waals surface area contributed by atoms with Crippen molar-refractivity contribution >= 4 is 0 Å². The maximum Gasteiger partial charge on any atom is 0.0895 e. The van der Waals surface area contributed by atoms with Gasteiger partial charge in [0.2, 0.25) is 0 Å². The normalized spacial score (nSPS) is 12.7. The van der Waals surface area contributed by atoms with Crippen LogP contribution in [0.4, 0.5) is 0 Å². The summed E-state index contributed by atoms with van der Waals surface area (Å²) in [6.45, 7) is 3.10. The Bertz CT molecular complexity index is 289. The largest absolute Gasteiger partial charge is 0.394 e. The van der Waals surface area contributed by atoms with Gasteiger partial charge in [0.15, 0.2) is 0 Å². The molecule has 0 radical (unpaired) electrons. The topological polar surface area (TPSA) is 52.5 Å². The van der Waals surface area contributed by atoms with Gasteiger partial charge in [-0.15, -0.1) is 0 Å². The van der Waals surface area contributed by atoms with Gasteiger partial charge in [-0.1, -0.05) is 31.2 Å². The summed E-state index contributed by atoms with van der Waals surface area (Å²) < 4.78 is 0. The molecule has 15 heavy (non-hydrogen) atoms. The SMILES string of the molecule is CCc1ccccc1CNC[C@H](O)CO. The molecular weight excluding hydrogens is 190 g/mol. The van der Waals surface area contributed by atoms with Crippen LogP contribution in [0.25, 0.3) is 0 Å². The van der Waals surface area contributed by atoms with Crippen LogP contribution in [0.15, 0.2) is 24.3 Å². The van der Waals surface area contributed by atoms with Crippen LogP contribution in [0.1, 0.15) is 18.1 Å². The van der Waals surface area contributed by atoms with Crippen LogP contribution in [-0.2, 0) is 13.0 Å². The van der Waals surface area contributed by atoms with Gasteiger partial charge < -0.3 is 15.5 Å². The molecule has 0 aliphatic heterocycles. The van der Waals surface area contributed by atoms with E-state index in [0.29, 0.717) is 6.54 Å². The molecule has 0 heterocycles. The van der Waals surface area contributed by atoms with Gasteiger partial charge in [0.1, 0.15) is 0 Å². The maximum absolute atomic E-state index is 9.15. The lowest BCUT2D eigenvalue weighted by molar-refractivity contribution is 0.0942. The Hall–Kier alpha value is -0.900. The molecule has 0 aliphatic rings. The molecule has 0 aliphatic carbocycles. The quantitative estimate of drug-likeness (QED) is 0.646. The van der Waals surface area contributed by atoms with Crippen LogP contribution in [0.3, 0.4) is 0 Å². The van der Waals surface area contributed by atoms with Crippen LogP contribution in [0.2, 0.25) is 0 Å². The molecule has 0 bridgehead atoms. The molecule has 0 unspecified atom stereocenters. The highest BCUT2D eigenvalue weighted by molar-refractivity contribution is 5.26. The average Bonchev–Trinajstić information content (AvgIpc) is 2.29. The van der Waals surface area contributed by atoms with Crippen molar-refractivity contribution in [2.45, 2.75) is 26.0 Å². The Morgan fingerprint density at radius 3 is 2.53 bits per heavy atom. The molecular formula is C12H19NO2. The number of hydrogen-bond donors (Lipinski definition) is 3. The molecule has 3 nitrogen and oxygen atoms in total. The van der Waals surface area contributed by atoms with Crippen LogP contribution in [0.5, 0.6) is 0 Å². The second-order valence-electron chi connectivity index (χ2n) is 3.59. The van der Waals surface area contributed by atoms with Crippen molar-refractivity contribution in [3.05, 3.63) is 35.4 Å². The zero-order valence-electron chi connectivity index (χ0n) is 9.11. The Labute approximate surface area is 90.8 Å². The molecule has 3 heteroatoms. The first kappa shape index (κ1) is 12.2. The van der Waals surface area contributed by atoms with E-state index in [9.17, 15) is 0 Å². The number of hydrogen-bond acceptors (Lipinski definition) is 3. The van der Waals surface area contributed by atoms with E-state index in [1.54, 1.807) is 0 Å². The third-order valence-electron chi connectivity index (χ3n) is 2.41. The summed E-state index contributed by atoms with van der Waals surface area (Å²) in [6.07, 6.45) is 0.347. The van der Waals surface area contributed by atoms with Gasteiger partial charge >= 0.3 is 0 Å². The second-order valence-corrected chi connectivity index (χ2v) is 3.59. The molecule has 0 aromatic heterocycles. The van der Waals surface area contributed by atoms with E-state index in [1.165, 1.54) is 11.1 Å². The minimum absolute atomic E-state index is 0.192. The number of benzene rings is 1. The van der Waals surface area contributed by atoms with E-state index < -0.39 is 6.10 Å². The monoisotopic (exact) mass is 209 g/mol. The van der Waals surface area contributed by atoms with Gasteiger partial charge in [0, 0.05) is 13.1 Å². The van der Waals surface area contributed by atoms with Crippen LogP contribution >= 0.6 is 0 Å². The molecule has 0 spiro atoms. The molecule has 1 rings (SSSR count). The predicted octanol–water partition coefficient (Wildman–Crippen LogP) is 0.692. The minimum atomic E-state index is -0.668. The van der Waals surface area contributed by atoms with Crippen LogP contribution < -0.4 is 5.32 Å². The molecule has 1 atom stereocenters. The van der Waals surface area contributed by atoms with E-state index in [0.717, 1.165) is 13.0 Å². The lowest BCUT2D eigenvalue weighted by atomic mass is 10.1. The summed E-state index contributed by atoms with van der Waals surface area (Å²) >= 11 is 0. The number of aliphatic hydroxyl groups excluding tert-OH is 2. The second kappa shape index (κ2) is 6.56. The molecule has 0 saturated heterocycles. The van der Waals surface area contributed by atoms with E-state index in [1.807, 2.05) is 12.1 Å². The fraction of sp³-hybridized carbons (Fsp3) is 0.500. The standard InChI is InChI=1S/C12H19NO2/c1-2-10-5-3-4-6-11(10)7-13-8-12(15)9-14/h3-6,12-15H,2,7-9H2,1H3/t12-/m0/s1. The van der Waals surface area contributed by atoms with Gasteiger partial charge in [-0.05, 0) is 17.5 Å². The summed E-state index contributed by atoms with van der Waals surface area (Å²) in [5.74, 6) is 0. The van der Waals surface area contributed by atoms with E-state index >= 15 is 0 Å². The fourth-order valence-corrected chi connectivity index (χ4v) is 1.51. The third kappa shape index (κ3) is 4.00. The highest BCUT2D eigenvalue weighted by Crippen LogP contribution is 2.08. The molecule has 3 N–H and O–H groups in total. The number of nitrogens with one attached hydrogen (secondary N) is 1. The van der Waals surface area contributed by atoms with Gasteiger partial charge in [0.25, 0.3) is 0 Å². The van der Waals surface area contributed by atoms with E-state index in [-0.39, 0.29) is 6.61 Å². The van der Waals surface area contributed by atoms with Gasteiger partial charge in [-0.2, -0.15) is 0 Å². The molecule has 0 fully saturated rings. The van der Waals surface area contributed by atoms with E-state index in [4.69, 9.17) is 10.2 Å². The molecule has 1 aromatic carbocycles. The van der Waals surface area contributed by atoms with Crippen LogP contribution in [0, 0.1) is 0 Å². The summed E-state index contributed by atoms with van der Waals surface area (Å²) in [5.41, 5.74) is 2.58. The maximum atomic E-state index is 9.15. The summed E-state index contributed by atoms with van der Waals surface area (Å²) in [5, 5.41) is 20.9. The summed E-state index contributed by atoms with van der Waals surface area (Å²) in [4.78, 5) is 0. The van der Waals surface area contributed by atoms with Crippen LogP contribution in [-0.4, -0.2) is 29.5 Å². The summed E-state index contributed by atoms with van der Waals surface area (Å²) in [6, 6.07) is 8.24. The summed E-state index contributed by atoms with van der Waals surface area (Å²) in [7, 11) is 0.